The van der Waals surface area contributed by atoms with Gasteiger partial charge in [0.05, 0.1) is 12.2 Å². The van der Waals surface area contributed by atoms with Crippen LogP contribution in [0.5, 0.6) is 0 Å². The number of benzene rings is 1. The first-order chi connectivity index (χ1) is 13.6. The van der Waals surface area contributed by atoms with Crippen LogP contribution in [-0.4, -0.2) is 38.6 Å². The number of pyridine rings is 1. The van der Waals surface area contributed by atoms with E-state index in [1.807, 2.05) is 35.0 Å². The van der Waals surface area contributed by atoms with Crippen molar-refractivity contribution in [3.8, 4) is 0 Å². The second kappa shape index (κ2) is 7.64. The van der Waals surface area contributed by atoms with E-state index in [0.29, 0.717) is 18.5 Å². The van der Waals surface area contributed by atoms with Crippen LogP contribution in [0.3, 0.4) is 0 Å². The fraction of sp³-hybridized carbons (Fsp3) is 0.238. The molecule has 0 radical (unpaired) electrons. The summed E-state index contributed by atoms with van der Waals surface area (Å²) in [4.78, 5) is 41.5. The zero-order chi connectivity index (χ0) is 19.5. The molecule has 1 aliphatic rings. The van der Waals surface area contributed by atoms with Crippen molar-refractivity contribution in [2.45, 2.75) is 25.8 Å². The molecule has 0 unspecified atom stereocenters. The number of likely N-dealkylation sites (tertiary alicyclic amines) is 1. The van der Waals surface area contributed by atoms with Gasteiger partial charge in [0.1, 0.15) is 5.65 Å². The molecule has 1 aromatic carbocycles. The molecule has 2 aromatic heterocycles. The van der Waals surface area contributed by atoms with Gasteiger partial charge < -0.3 is 9.72 Å². The molecule has 0 saturated carbocycles. The Labute approximate surface area is 162 Å². The lowest BCUT2D eigenvalue weighted by Crippen LogP contribution is -2.28. The second-order valence-electron chi connectivity index (χ2n) is 6.77. The summed E-state index contributed by atoms with van der Waals surface area (Å²) in [6.07, 6.45) is 5.11. The summed E-state index contributed by atoms with van der Waals surface area (Å²) in [7, 11) is 0. The number of hydrogen-bond acceptors (Lipinski definition) is 4. The average molecular weight is 376 g/mol. The summed E-state index contributed by atoms with van der Waals surface area (Å²) in [5.41, 5.74) is 3.17. The maximum Gasteiger partial charge on any atom is 0.251 e. The fourth-order valence-corrected chi connectivity index (χ4v) is 3.26. The summed E-state index contributed by atoms with van der Waals surface area (Å²) in [5.74, 6) is -0.443. The Kier molecular flexibility index (Phi) is 4.89. The SMILES string of the molecule is O=C(NCCc1cn2ccccc2n1)c1ccc(CN2C(=O)CCC2=O)cc1. The number of aromatic nitrogens is 2. The van der Waals surface area contributed by atoms with Crippen molar-refractivity contribution in [1.29, 1.82) is 0 Å². The fourth-order valence-electron chi connectivity index (χ4n) is 3.26. The van der Waals surface area contributed by atoms with Gasteiger partial charge in [-0.3, -0.25) is 19.3 Å². The molecule has 4 rings (SSSR count). The Morgan fingerprint density at radius 3 is 2.50 bits per heavy atom. The van der Waals surface area contributed by atoms with Crippen LogP contribution in [0.1, 0.15) is 34.5 Å². The zero-order valence-electron chi connectivity index (χ0n) is 15.3. The lowest BCUT2D eigenvalue weighted by molar-refractivity contribution is -0.139. The predicted octanol–water partition coefficient (Wildman–Crippen LogP) is 1.96. The molecule has 0 atom stereocenters. The molecule has 7 heteroatoms. The first-order valence-electron chi connectivity index (χ1n) is 9.23. The third-order valence-electron chi connectivity index (χ3n) is 4.79. The Bertz CT molecular complexity index is 990. The van der Waals surface area contributed by atoms with Gasteiger partial charge in [-0.25, -0.2) is 4.98 Å². The highest BCUT2D eigenvalue weighted by atomic mass is 16.2. The number of fused-ring (bicyclic) bond motifs is 1. The van der Waals surface area contributed by atoms with Gasteiger partial charge >= 0.3 is 0 Å². The first-order valence-corrected chi connectivity index (χ1v) is 9.23. The van der Waals surface area contributed by atoms with Crippen LogP contribution < -0.4 is 5.32 Å². The smallest absolute Gasteiger partial charge is 0.251 e. The minimum absolute atomic E-state index is 0.140. The van der Waals surface area contributed by atoms with Gasteiger partial charge in [-0.2, -0.15) is 0 Å². The molecule has 3 aromatic rings. The lowest BCUT2D eigenvalue weighted by atomic mass is 10.1. The van der Waals surface area contributed by atoms with Crippen molar-refractivity contribution in [3.05, 3.63) is 71.7 Å². The molecule has 0 spiro atoms. The van der Waals surface area contributed by atoms with Crippen molar-refractivity contribution in [2.24, 2.45) is 0 Å². The monoisotopic (exact) mass is 376 g/mol. The van der Waals surface area contributed by atoms with E-state index in [0.717, 1.165) is 16.9 Å². The Morgan fingerprint density at radius 1 is 1.04 bits per heavy atom. The van der Waals surface area contributed by atoms with Crippen LogP contribution >= 0.6 is 0 Å². The normalized spacial score (nSPS) is 14.1. The Morgan fingerprint density at radius 2 is 1.79 bits per heavy atom. The largest absolute Gasteiger partial charge is 0.352 e. The van der Waals surface area contributed by atoms with Gasteiger partial charge in [0.25, 0.3) is 5.91 Å². The lowest BCUT2D eigenvalue weighted by Gasteiger charge is -2.14. The summed E-state index contributed by atoms with van der Waals surface area (Å²) >= 11 is 0. The van der Waals surface area contributed by atoms with Crippen molar-refractivity contribution in [2.75, 3.05) is 6.54 Å². The number of carbonyl (C=O) groups excluding carboxylic acids is 3. The van der Waals surface area contributed by atoms with Crippen LogP contribution in [0.15, 0.2) is 54.9 Å². The molecule has 0 bridgehead atoms. The standard InChI is InChI=1S/C21H20N4O3/c26-19-8-9-20(27)25(19)13-15-4-6-16(7-5-15)21(28)22-11-10-17-14-24-12-2-1-3-18(24)23-17/h1-7,12,14H,8-11,13H2,(H,22,28). The van der Waals surface area contributed by atoms with E-state index in [1.165, 1.54) is 4.90 Å². The average Bonchev–Trinajstić information content (AvgIpc) is 3.26. The maximum absolute atomic E-state index is 12.3. The third kappa shape index (κ3) is 3.78. The van der Waals surface area contributed by atoms with Crippen LogP contribution in [0.25, 0.3) is 5.65 Å². The molecule has 1 fully saturated rings. The molecule has 28 heavy (non-hydrogen) atoms. The molecule has 0 aliphatic carbocycles. The minimum atomic E-state index is -0.163. The highest BCUT2D eigenvalue weighted by Crippen LogP contribution is 2.16. The van der Waals surface area contributed by atoms with Gasteiger partial charge in [-0.15, -0.1) is 0 Å². The quantitative estimate of drug-likeness (QED) is 0.667. The van der Waals surface area contributed by atoms with E-state index in [2.05, 4.69) is 10.3 Å². The highest BCUT2D eigenvalue weighted by molar-refractivity contribution is 6.01. The van der Waals surface area contributed by atoms with Crippen LogP contribution in [0.4, 0.5) is 0 Å². The molecule has 1 aliphatic heterocycles. The maximum atomic E-state index is 12.3. The van der Waals surface area contributed by atoms with Crippen LogP contribution in [-0.2, 0) is 22.6 Å². The van der Waals surface area contributed by atoms with E-state index < -0.39 is 0 Å². The number of hydrogen-bond donors (Lipinski definition) is 1. The van der Waals surface area contributed by atoms with Gasteiger partial charge in [-0.05, 0) is 29.8 Å². The summed E-state index contributed by atoms with van der Waals surface area (Å²) < 4.78 is 1.95. The zero-order valence-corrected chi connectivity index (χ0v) is 15.3. The number of amides is 3. The van der Waals surface area contributed by atoms with Gasteiger partial charge in [0, 0.05) is 43.8 Å². The van der Waals surface area contributed by atoms with Crippen LogP contribution in [0.2, 0.25) is 0 Å². The summed E-state index contributed by atoms with van der Waals surface area (Å²) in [5, 5.41) is 2.89. The van der Waals surface area contributed by atoms with E-state index in [1.54, 1.807) is 24.3 Å². The van der Waals surface area contributed by atoms with E-state index in [9.17, 15) is 14.4 Å². The topological polar surface area (TPSA) is 83.8 Å². The summed E-state index contributed by atoms with van der Waals surface area (Å²) in [6, 6.07) is 12.8. The number of nitrogens with one attached hydrogen (secondary N) is 1. The number of rotatable bonds is 6. The Balaban J connectivity index is 1.30. The molecule has 7 nitrogen and oxygen atoms in total. The number of carbonyl (C=O) groups is 3. The van der Waals surface area contributed by atoms with E-state index >= 15 is 0 Å². The molecule has 3 heterocycles. The first kappa shape index (κ1) is 17.9. The predicted molar refractivity (Wildman–Crippen MR) is 102 cm³/mol. The number of nitrogens with zero attached hydrogens (tertiary/aromatic N) is 3. The van der Waals surface area contributed by atoms with Crippen molar-refractivity contribution in [1.82, 2.24) is 19.6 Å². The van der Waals surface area contributed by atoms with Gasteiger partial charge in [0.2, 0.25) is 11.8 Å². The number of imidazole rings is 1. The summed E-state index contributed by atoms with van der Waals surface area (Å²) in [6.45, 7) is 0.745. The van der Waals surface area contributed by atoms with Crippen LogP contribution in [0, 0.1) is 0 Å². The van der Waals surface area contributed by atoms with E-state index in [-0.39, 0.29) is 37.1 Å². The minimum Gasteiger partial charge on any atom is -0.352 e. The highest BCUT2D eigenvalue weighted by Gasteiger charge is 2.28. The third-order valence-corrected chi connectivity index (χ3v) is 4.79. The van der Waals surface area contributed by atoms with Crippen molar-refractivity contribution >= 4 is 23.4 Å². The molecular formula is C21H20N4O3. The molecule has 142 valence electrons. The molecular weight excluding hydrogens is 356 g/mol. The van der Waals surface area contributed by atoms with Crippen molar-refractivity contribution in [3.63, 3.8) is 0 Å². The molecule has 1 N–H and O–H groups in total. The second-order valence-corrected chi connectivity index (χ2v) is 6.77. The number of imide groups is 1. The van der Waals surface area contributed by atoms with Gasteiger partial charge in [-0.1, -0.05) is 18.2 Å². The Hall–Kier alpha value is -3.48. The molecule has 3 amide bonds. The van der Waals surface area contributed by atoms with Crippen molar-refractivity contribution < 1.29 is 14.4 Å². The van der Waals surface area contributed by atoms with E-state index in [4.69, 9.17) is 0 Å². The molecule has 1 saturated heterocycles. The van der Waals surface area contributed by atoms with Gasteiger partial charge in [0.15, 0.2) is 0 Å².